The Morgan fingerprint density at radius 1 is 0.938 bits per heavy atom. The maximum absolute atomic E-state index is 11.4. The highest BCUT2D eigenvalue weighted by Gasteiger charge is 2.24. The van der Waals surface area contributed by atoms with Gasteiger partial charge >= 0.3 is 5.97 Å². The fourth-order valence-corrected chi connectivity index (χ4v) is 4.38. The maximum Gasteiger partial charge on any atom is 0.305 e. The number of rotatable bonds is 12. The van der Waals surface area contributed by atoms with Crippen LogP contribution in [-0.2, 0) is 20.7 Å². The summed E-state index contributed by atoms with van der Waals surface area (Å²) in [5.41, 5.74) is 3.81. The standard InChI is InChI=1S/C28H39NO3/c1-3-23-14-16-25(17-15-23)28(24-11-7-5-8-12-24)32-26-18-21-29(22-19-26)20-10-6-9-13-27(30)31-4-2/h5,7-8,11-12,14-17,26,28H,3-4,6,9-10,13,18-22H2,1-2H3. The number of benzene rings is 2. The predicted octanol–water partition coefficient (Wildman–Crippen LogP) is 5.94. The number of nitrogens with zero attached hydrogens (tertiary/aromatic N) is 1. The van der Waals surface area contributed by atoms with Gasteiger partial charge in [-0.05, 0) is 62.3 Å². The van der Waals surface area contributed by atoms with E-state index in [1.54, 1.807) is 0 Å². The molecule has 0 N–H and O–H groups in total. The summed E-state index contributed by atoms with van der Waals surface area (Å²) in [6.07, 6.45) is 7.16. The third kappa shape index (κ3) is 7.75. The summed E-state index contributed by atoms with van der Waals surface area (Å²) in [5.74, 6) is -0.0669. The Hall–Kier alpha value is -2.17. The molecule has 1 fully saturated rings. The first-order chi connectivity index (χ1) is 15.7. The van der Waals surface area contributed by atoms with Crippen LogP contribution in [0.15, 0.2) is 54.6 Å². The molecule has 0 radical (unpaired) electrons. The van der Waals surface area contributed by atoms with Crippen molar-refractivity contribution >= 4 is 5.97 Å². The molecule has 1 saturated heterocycles. The third-order valence-electron chi connectivity index (χ3n) is 6.32. The number of aryl methyl sites for hydroxylation is 1. The molecule has 0 bridgehead atoms. The predicted molar refractivity (Wildman–Crippen MR) is 130 cm³/mol. The average molecular weight is 438 g/mol. The average Bonchev–Trinajstić information content (AvgIpc) is 2.84. The first-order valence-corrected chi connectivity index (χ1v) is 12.4. The smallest absolute Gasteiger partial charge is 0.305 e. The number of piperidine rings is 1. The van der Waals surface area contributed by atoms with Crippen LogP contribution in [0.1, 0.15) is 75.2 Å². The summed E-state index contributed by atoms with van der Waals surface area (Å²) in [6, 6.07) is 19.5. The Kier molecular flexibility index (Phi) is 10.2. The zero-order valence-electron chi connectivity index (χ0n) is 19.8. The second kappa shape index (κ2) is 13.4. The fourth-order valence-electron chi connectivity index (χ4n) is 4.38. The van der Waals surface area contributed by atoms with E-state index in [1.807, 2.05) is 6.92 Å². The molecular formula is C28H39NO3. The van der Waals surface area contributed by atoms with Gasteiger partial charge in [0.1, 0.15) is 6.10 Å². The van der Waals surface area contributed by atoms with Crippen molar-refractivity contribution in [1.29, 1.82) is 0 Å². The lowest BCUT2D eigenvalue weighted by atomic mass is 9.98. The van der Waals surface area contributed by atoms with Gasteiger partial charge in [-0.1, -0.05) is 67.9 Å². The molecule has 1 heterocycles. The molecule has 2 aromatic rings. The minimum atomic E-state index is -0.0669. The first-order valence-electron chi connectivity index (χ1n) is 12.4. The van der Waals surface area contributed by atoms with Gasteiger partial charge in [0.15, 0.2) is 0 Å². The number of hydrogen-bond acceptors (Lipinski definition) is 4. The molecule has 1 atom stereocenters. The van der Waals surface area contributed by atoms with Gasteiger partial charge in [0.05, 0.1) is 12.7 Å². The second-order valence-corrected chi connectivity index (χ2v) is 8.68. The number of likely N-dealkylation sites (tertiary alicyclic amines) is 1. The number of carbonyl (C=O) groups excluding carboxylic acids is 1. The minimum absolute atomic E-state index is 0.0125. The Balaban J connectivity index is 1.46. The molecule has 32 heavy (non-hydrogen) atoms. The molecule has 0 amide bonds. The lowest BCUT2D eigenvalue weighted by Crippen LogP contribution is -2.38. The molecule has 4 nitrogen and oxygen atoms in total. The van der Waals surface area contributed by atoms with Crippen LogP contribution in [0.2, 0.25) is 0 Å². The van der Waals surface area contributed by atoms with Crippen LogP contribution in [0, 0.1) is 0 Å². The summed E-state index contributed by atoms with van der Waals surface area (Å²) in [7, 11) is 0. The molecule has 0 aliphatic carbocycles. The van der Waals surface area contributed by atoms with Gasteiger partial charge in [-0.3, -0.25) is 4.79 Å². The summed E-state index contributed by atoms with van der Waals surface area (Å²) >= 11 is 0. The molecular weight excluding hydrogens is 398 g/mol. The van der Waals surface area contributed by atoms with Crippen LogP contribution in [0.5, 0.6) is 0 Å². The third-order valence-corrected chi connectivity index (χ3v) is 6.32. The van der Waals surface area contributed by atoms with Gasteiger partial charge in [-0.15, -0.1) is 0 Å². The van der Waals surface area contributed by atoms with Crippen LogP contribution in [0.25, 0.3) is 0 Å². The van der Waals surface area contributed by atoms with E-state index in [0.29, 0.717) is 13.0 Å². The number of unbranched alkanes of at least 4 members (excludes halogenated alkanes) is 2. The van der Waals surface area contributed by atoms with Crippen molar-refractivity contribution < 1.29 is 14.3 Å². The topological polar surface area (TPSA) is 38.8 Å². The summed E-state index contributed by atoms with van der Waals surface area (Å²) < 4.78 is 11.7. The first kappa shape index (κ1) is 24.5. The molecule has 0 saturated carbocycles. The van der Waals surface area contributed by atoms with Crippen molar-refractivity contribution in [3.05, 3.63) is 71.3 Å². The molecule has 0 spiro atoms. The van der Waals surface area contributed by atoms with Gasteiger partial charge < -0.3 is 14.4 Å². The van der Waals surface area contributed by atoms with Crippen molar-refractivity contribution in [2.45, 2.75) is 71.0 Å². The number of esters is 1. The highest BCUT2D eigenvalue weighted by atomic mass is 16.5. The minimum Gasteiger partial charge on any atom is -0.466 e. The van der Waals surface area contributed by atoms with Crippen molar-refractivity contribution in [3.8, 4) is 0 Å². The molecule has 2 aromatic carbocycles. The molecule has 4 heteroatoms. The number of hydrogen-bond donors (Lipinski definition) is 0. The van der Waals surface area contributed by atoms with Crippen LogP contribution in [-0.4, -0.2) is 43.2 Å². The molecule has 1 aliphatic rings. The summed E-state index contributed by atoms with van der Waals surface area (Å²) in [6.45, 7) is 7.79. The van der Waals surface area contributed by atoms with E-state index in [9.17, 15) is 4.79 Å². The van der Waals surface area contributed by atoms with E-state index in [-0.39, 0.29) is 18.2 Å². The van der Waals surface area contributed by atoms with Gasteiger partial charge in [0.25, 0.3) is 0 Å². The molecule has 1 aliphatic heterocycles. The van der Waals surface area contributed by atoms with Crippen LogP contribution in [0.3, 0.4) is 0 Å². The van der Waals surface area contributed by atoms with Gasteiger partial charge in [0.2, 0.25) is 0 Å². The van der Waals surface area contributed by atoms with Crippen molar-refractivity contribution in [3.63, 3.8) is 0 Å². The van der Waals surface area contributed by atoms with E-state index in [1.165, 1.54) is 16.7 Å². The quantitative estimate of drug-likeness (QED) is 0.304. The largest absolute Gasteiger partial charge is 0.466 e. The lowest BCUT2D eigenvalue weighted by molar-refractivity contribution is -0.143. The highest BCUT2D eigenvalue weighted by molar-refractivity contribution is 5.69. The van der Waals surface area contributed by atoms with E-state index >= 15 is 0 Å². The van der Waals surface area contributed by atoms with Crippen LogP contribution < -0.4 is 0 Å². The zero-order valence-corrected chi connectivity index (χ0v) is 19.8. The monoisotopic (exact) mass is 437 g/mol. The number of carbonyl (C=O) groups is 1. The van der Waals surface area contributed by atoms with E-state index in [4.69, 9.17) is 9.47 Å². The Labute approximate surface area is 193 Å². The molecule has 0 aromatic heterocycles. The SMILES string of the molecule is CCOC(=O)CCCCCN1CCC(OC(c2ccccc2)c2ccc(CC)cc2)CC1. The molecule has 1 unspecified atom stereocenters. The lowest BCUT2D eigenvalue weighted by Gasteiger charge is -2.34. The van der Waals surface area contributed by atoms with Gasteiger partial charge in [-0.2, -0.15) is 0 Å². The summed E-state index contributed by atoms with van der Waals surface area (Å²) in [5, 5.41) is 0. The maximum atomic E-state index is 11.4. The molecule has 3 rings (SSSR count). The Morgan fingerprint density at radius 2 is 1.62 bits per heavy atom. The van der Waals surface area contributed by atoms with Gasteiger partial charge in [0, 0.05) is 19.5 Å². The molecule has 174 valence electrons. The Morgan fingerprint density at radius 3 is 2.28 bits per heavy atom. The Bertz CT molecular complexity index is 782. The summed E-state index contributed by atoms with van der Waals surface area (Å²) in [4.78, 5) is 14.0. The van der Waals surface area contributed by atoms with Gasteiger partial charge in [-0.25, -0.2) is 0 Å². The van der Waals surface area contributed by atoms with Crippen molar-refractivity contribution in [2.75, 3.05) is 26.2 Å². The van der Waals surface area contributed by atoms with Crippen LogP contribution in [0.4, 0.5) is 0 Å². The highest BCUT2D eigenvalue weighted by Crippen LogP contribution is 2.30. The van der Waals surface area contributed by atoms with E-state index < -0.39 is 0 Å². The normalized spacial score (nSPS) is 16.1. The fraction of sp³-hybridized carbons (Fsp3) is 0.536. The second-order valence-electron chi connectivity index (χ2n) is 8.68. The number of ether oxygens (including phenoxy) is 2. The van der Waals surface area contributed by atoms with Crippen LogP contribution >= 0.6 is 0 Å². The van der Waals surface area contributed by atoms with E-state index in [0.717, 1.165) is 58.2 Å². The zero-order chi connectivity index (χ0) is 22.6. The van der Waals surface area contributed by atoms with Crippen molar-refractivity contribution in [1.82, 2.24) is 4.90 Å². The van der Waals surface area contributed by atoms with E-state index in [2.05, 4.69) is 66.4 Å². The van der Waals surface area contributed by atoms with Crippen molar-refractivity contribution in [2.24, 2.45) is 0 Å².